The smallest absolute Gasteiger partial charge is 0.262 e. The third-order valence-electron chi connectivity index (χ3n) is 3.84. The summed E-state index contributed by atoms with van der Waals surface area (Å²) in [6.07, 6.45) is 0.763. The average Bonchev–Trinajstić information content (AvgIpc) is 2.50. The second-order valence-electron chi connectivity index (χ2n) is 5.13. The maximum atomic E-state index is 12.7. The van der Waals surface area contributed by atoms with Crippen LogP contribution in [0, 0.1) is 13.8 Å². The van der Waals surface area contributed by atoms with Crippen LogP contribution >= 0.6 is 0 Å². The molecular formula is C17H21NO3S. The van der Waals surface area contributed by atoms with Crippen LogP contribution in [0.1, 0.15) is 23.6 Å². The molecule has 0 saturated carbocycles. The molecule has 0 aliphatic heterocycles. The van der Waals surface area contributed by atoms with Crippen molar-refractivity contribution in [2.24, 2.45) is 0 Å². The Bertz CT molecular complexity index is 782. The van der Waals surface area contributed by atoms with Gasteiger partial charge in [-0.2, -0.15) is 0 Å². The molecule has 2 aromatic rings. The SMILES string of the molecule is CCc1ccccc1NS(=O)(=O)c1ccc(OC)c(C)c1C. The summed E-state index contributed by atoms with van der Waals surface area (Å²) in [6.45, 7) is 5.64. The summed E-state index contributed by atoms with van der Waals surface area (Å²) in [5.41, 5.74) is 3.11. The zero-order valence-electron chi connectivity index (χ0n) is 13.3. The van der Waals surface area contributed by atoms with E-state index < -0.39 is 10.0 Å². The molecule has 0 amide bonds. The fraction of sp³-hybridized carbons (Fsp3) is 0.294. The molecule has 118 valence electrons. The predicted molar refractivity (Wildman–Crippen MR) is 89.1 cm³/mol. The van der Waals surface area contributed by atoms with E-state index in [0.29, 0.717) is 17.0 Å². The maximum absolute atomic E-state index is 12.7. The molecule has 1 N–H and O–H groups in total. The van der Waals surface area contributed by atoms with Gasteiger partial charge < -0.3 is 4.74 Å². The summed E-state index contributed by atoms with van der Waals surface area (Å²) in [6, 6.07) is 10.7. The molecule has 2 rings (SSSR count). The number of anilines is 1. The molecule has 0 fully saturated rings. The molecule has 0 saturated heterocycles. The average molecular weight is 319 g/mol. The van der Waals surface area contributed by atoms with Crippen molar-refractivity contribution in [2.75, 3.05) is 11.8 Å². The van der Waals surface area contributed by atoms with E-state index in [-0.39, 0.29) is 4.90 Å². The van der Waals surface area contributed by atoms with Gasteiger partial charge in [0.25, 0.3) is 10.0 Å². The standard InChI is InChI=1S/C17H21NO3S/c1-5-14-8-6-7-9-15(14)18-22(19,20)17-11-10-16(21-4)12(2)13(17)3/h6-11,18H,5H2,1-4H3. The second-order valence-corrected chi connectivity index (χ2v) is 6.78. The third-order valence-corrected chi connectivity index (χ3v) is 5.35. The molecule has 0 bridgehead atoms. The van der Waals surface area contributed by atoms with Gasteiger partial charge in [0.15, 0.2) is 0 Å². The van der Waals surface area contributed by atoms with Crippen molar-refractivity contribution in [3.05, 3.63) is 53.1 Å². The van der Waals surface area contributed by atoms with Crippen LogP contribution in [0.2, 0.25) is 0 Å². The molecule has 2 aromatic carbocycles. The Morgan fingerprint density at radius 2 is 1.73 bits per heavy atom. The lowest BCUT2D eigenvalue weighted by molar-refractivity contribution is 0.411. The molecule has 0 atom stereocenters. The topological polar surface area (TPSA) is 55.4 Å². The number of ether oxygens (including phenoxy) is 1. The quantitative estimate of drug-likeness (QED) is 0.914. The zero-order valence-corrected chi connectivity index (χ0v) is 14.1. The Hall–Kier alpha value is -2.01. The highest BCUT2D eigenvalue weighted by Gasteiger charge is 2.20. The summed E-state index contributed by atoms with van der Waals surface area (Å²) < 4.78 is 33.3. The Morgan fingerprint density at radius 1 is 1.05 bits per heavy atom. The van der Waals surface area contributed by atoms with Crippen molar-refractivity contribution < 1.29 is 13.2 Å². The molecule has 0 heterocycles. The van der Waals surface area contributed by atoms with Gasteiger partial charge in [-0.15, -0.1) is 0 Å². The fourth-order valence-electron chi connectivity index (χ4n) is 2.41. The van der Waals surface area contributed by atoms with Crippen LogP contribution in [-0.4, -0.2) is 15.5 Å². The summed E-state index contributed by atoms with van der Waals surface area (Å²) >= 11 is 0. The van der Waals surface area contributed by atoms with Crippen LogP contribution < -0.4 is 9.46 Å². The summed E-state index contributed by atoms with van der Waals surface area (Å²) in [5, 5.41) is 0. The number of benzene rings is 2. The monoisotopic (exact) mass is 319 g/mol. The normalized spacial score (nSPS) is 11.3. The molecule has 4 nitrogen and oxygen atoms in total. The van der Waals surface area contributed by atoms with Gasteiger partial charge in [-0.25, -0.2) is 8.42 Å². The van der Waals surface area contributed by atoms with E-state index in [1.807, 2.05) is 32.0 Å². The Labute approximate surface area is 132 Å². The van der Waals surface area contributed by atoms with Crippen molar-refractivity contribution in [1.29, 1.82) is 0 Å². The lowest BCUT2D eigenvalue weighted by Crippen LogP contribution is -2.16. The molecule has 22 heavy (non-hydrogen) atoms. The highest BCUT2D eigenvalue weighted by atomic mass is 32.2. The van der Waals surface area contributed by atoms with Crippen LogP contribution in [-0.2, 0) is 16.4 Å². The van der Waals surface area contributed by atoms with Gasteiger partial charge in [0.2, 0.25) is 0 Å². The van der Waals surface area contributed by atoms with Gasteiger partial charge in [0.05, 0.1) is 17.7 Å². The summed E-state index contributed by atoms with van der Waals surface area (Å²) in [5.74, 6) is 0.686. The number of hydrogen-bond donors (Lipinski definition) is 1. The van der Waals surface area contributed by atoms with Crippen molar-refractivity contribution in [2.45, 2.75) is 32.1 Å². The molecular weight excluding hydrogens is 298 g/mol. The number of hydrogen-bond acceptors (Lipinski definition) is 3. The lowest BCUT2D eigenvalue weighted by Gasteiger charge is -2.15. The molecule has 0 radical (unpaired) electrons. The first-order chi connectivity index (χ1) is 10.4. The Morgan fingerprint density at radius 3 is 2.36 bits per heavy atom. The lowest BCUT2D eigenvalue weighted by atomic mass is 10.1. The molecule has 5 heteroatoms. The van der Waals surface area contributed by atoms with Crippen molar-refractivity contribution in [3.63, 3.8) is 0 Å². The first-order valence-electron chi connectivity index (χ1n) is 7.15. The first-order valence-corrected chi connectivity index (χ1v) is 8.64. The van der Waals surface area contributed by atoms with E-state index >= 15 is 0 Å². The number of para-hydroxylation sites is 1. The molecule has 0 aliphatic carbocycles. The largest absolute Gasteiger partial charge is 0.496 e. The van der Waals surface area contributed by atoms with Gasteiger partial charge in [-0.3, -0.25) is 4.72 Å². The van der Waals surface area contributed by atoms with Gasteiger partial charge in [-0.05, 0) is 55.2 Å². The number of methoxy groups -OCH3 is 1. The molecule has 0 spiro atoms. The Balaban J connectivity index is 2.46. The van der Waals surface area contributed by atoms with Crippen LogP contribution in [0.3, 0.4) is 0 Å². The highest BCUT2D eigenvalue weighted by Crippen LogP contribution is 2.28. The number of rotatable bonds is 5. The van der Waals surface area contributed by atoms with E-state index in [1.54, 1.807) is 32.2 Å². The second kappa shape index (κ2) is 6.40. The minimum Gasteiger partial charge on any atom is -0.496 e. The van der Waals surface area contributed by atoms with E-state index in [9.17, 15) is 8.42 Å². The number of sulfonamides is 1. The van der Waals surface area contributed by atoms with Crippen molar-refractivity contribution in [3.8, 4) is 5.75 Å². The minimum atomic E-state index is -3.63. The van der Waals surface area contributed by atoms with Gasteiger partial charge in [-0.1, -0.05) is 25.1 Å². The summed E-state index contributed by atoms with van der Waals surface area (Å²) in [7, 11) is -2.05. The summed E-state index contributed by atoms with van der Waals surface area (Å²) in [4.78, 5) is 0.275. The van der Waals surface area contributed by atoms with E-state index in [4.69, 9.17) is 4.74 Å². The first kappa shape index (κ1) is 16.4. The maximum Gasteiger partial charge on any atom is 0.262 e. The van der Waals surface area contributed by atoms with E-state index in [0.717, 1.165) is 17.5 Å². The van der Waals surface area contributed by atoms with E-state index in [2.05, 4.69) is 4.72 Å². The van der Waals surface area contributed by atoms with Crippen molar-refractivity contribution >= 4 is 15.7 Å². The van der Waals surface area contributed by atoms with Crippen LogP contribution in [0.25, 0.3) is 0 Å². The Kier molecular flexibility index (Phi) is 4.76. The van der Waals surface area contributed by atoms with Gasteiger partial charge >= 0.3 is 0 Å². The fourth-order valence-corrected chi connectivity index (χ4v) is 3.81. The third kappa shape index (κ3) is 3.09. The number of aryl methyl sites for hydroxylation is 1. The minimum absolute atomic E-state index is 0.275. The van der Waals surface area contributed by atoms with Crippen LogP contribution in [0.5, 0.6) is 5.75 Å². The highest BCUT2D eigenvalue weighted by molar-refractivity contribution is 7.92. The number of nitrogens with one attached hydrogen (secondary N) is 1. The van der Waals surface area contributed by atoms with E-state index in [1.165, 1.54) is 0 Å². The van der Waals surface area contributed by atoms with Gasteiger partial charge in [0.1, 0.15) is 5.75 Å². The predicted octanol–water partition coefficient (Wildman–Crippen LogP) is 3.68. The molecule has 0 aliphatic rings. The zero-order chi connectivity index (χ0) is 16.3. The van der Waals surface area contributed by atoms with Crippen molar-refractivity contribution in [1.82, 2.24) is 0 Å². The molecule has 0 aromatic heterocycles. The van der Waals surface area contributed by atoms with Crippen LogP contribution in [0.15, 0.2) is 41.3 Å². The molecule has 0 unspecified atom stereocenters. The van der Waals surface area contributed by atoms with Gasteiger partial charge in [0, 0.05) is 0 Å². The van der Waals surface area contributed by atoms with Crippen LogP contribution in [0.4, 0.5) is 5.69 Å².